The summed E-state index contributed by atoms with van der Waals surface area (Å²) in [6.45, 7) is 6.61. The predicted octanol–water partition coefficient (Wildman–Crippen LogP) is 2.50. The summed E-state index contributed by atoms with van der Waals surface area (Å²) in [7, 11) is 4.51. The Balaban J connectivity index is 2.48. The smallest absolute Gasteiger partial charge is 0.307 e. The van der Waals surface area contributed by atoms with Gasteiger partial charge in [-0.2, -0.15) is 0 Å². The largest absolute Gasteiger partial charge is 0.348 e. The van der Waals surface area contributed by atoms with Gasteiger partial charge >= 0.3 is 7.59 Å². The summed E-state index contributed by atoms with van der Waals surface area (Å²) in [5.74, 6) is -0.157. The fraction of sp³-hybridized carbons (Fsp3) is 0.857. The fourth-order valence-corrected chi connectivity index (χ4v) is 3.72. The number of ether oxygens (including phenoxy) is 2. The highest BCUT2D eigenvalue weighted by Crippen LogP contribution is 2.44. The summed E-state index contributed by atoms with van der Waals surface area (Å²) in [5, 5.41) is 3.02. The predicted molar refractivity (Wildman–Crippen MR) is 85.9 cm³/mol. The van der Waals surface area contributed by atoms with E-state index in [4.69, 9.17) is 9.47 Å². The van der Waals surface area contributed by atoms with Gasteiger partial charge in [-0.1, -0.05) is 13.0 Å². The van der Waals surface area contributed by atoms with Gasteiger partial charge in [-0.15, -0.1) is 0 Å². The Kier molecular flexibility index (Phi) is 6.44. The highest BCUT2D eigenvalue weighted by Gasteiger charge is 2.33. The SMILES string of the molecule is CC(/C=C\NP(=O)(N(C)C)N(C)C)CC1COC(C)(C)O1. The molecule has 0 aliphatic carbocycles. The molecule has 7 heteroatoms. The first-order valence-corrected chi connectivity index (χ1v) is 8.90. The first-order valence-electron chi connectivity index (χ1n) is 7.29. The van der Waals surface area contributed by atoms with Gasteiger partial charge in [0.1, 0.15) is 0 Å². The van der Waals surface area contributed by atoms with Crippen LogP contribution < -0.4 is 5.09 Å². The Morgan fingerprint density at radius 2 is 1.90 bits per heavy atom. The Morgan fingerprint density at radius 1 is 1.33 bits per heavy atom. The molecular formula is C14H30N3O3P. The molecule has 0 aromatic carbocycles. The van der Waals surface area contributed by atoms with Gasteiger partial charge in [-0.25, -0.2) is 9.34 Å². The van der Waals surface area contributed by atoms with Crippen LogP contribution in [-0.4, -0.2) is 56.0 Å². The molecule has 6 nitrogen and oxygen atoms in total. The molecule has 0 aromatic rings. The van der Waals surface area contributed by atoms with Crippen molar-refractivity contribution in [3.05, 3.63) is 12.3 Å². The number of hydrogen-bond donors (Lipinski definition) is 1. The van der Waals surface area contributed by atoms with Gasteiger partial charge in [0.25, 0.3) is 0 Å². The van der Waals surface area contributed by atoms with Gasteiger partial charge in [0.15, 0.2) is 5.79 Å². The molecule has 21 heavy (non-hydrogen) atoms. The summed E-state index contributed by atoms with van der Waals surface area (Å²) in [5.41, 5.74) is 0. The summed E-state index contributed by atoms with van der Waals surface area (Å²) in [6.07, 6.45) is 4.81. The number of nitrogens with one attached hydrogen (secondary N) is 1. The van der Waals surface area contributed by atoms with Gasteiger partial charge in [0, 0.05) is 6.20 Å². The molecule has 0 bridgehead atoms. The average Bonchev–Trinajstić information content (AvgIpc) is 2.67. The quantitative estimate of drug-likeness (QED) is 0.728. The maximum Gasteiger partial charge on any atom is 0.307 e. The van der Waals surface area contributed by atoms with Crippen LogP contribution in [0.4, 0.5) is 0 Å². The van der Waals surface area contributed by atoms with Gasteiger partial charge in [-0.05, 0) is 54.4 Å². The standard InChI is InChI=1S/C14H30N3O3P/c1-12(10-13-11-19-14(2,3)20-13)8-9-15-21(18,16(4)5)17(6)7/h8-9,12-13H,10-11H2,1-7H3,(H,15,18)/b9-8-. The van der Waals surface area contributed by atoms with E-state index in [0.717, 1.165) is 6.42 Å². The fourth-order valence-electron chi connectivity index (χ4n) is 2.27. The van der Waals surface area contributed by atoms with E-state index >= 15 is 0 Å². The first kappa shape index (κ1) is 18.7. The van der Waals surface area contributed by atoms with Crippen LogP contribution in [0.15, 0.2) is 12.3 Å². The monoisotopic (exact) mass is 319 g/mol. The number of rotatable bonds is 7. The van der Waals surface area contributed by atoms with Crippen molar-refractivity contribution in [2.24, 2.45) is 5.92 Å². The molecule has 2 unspecified atom stereocenters. The lowest BCUT2D eigenvalue weighted by atomic mass is 10.0. The minimum Gasteiger partial charge on any atom is -0.348 e. The zero-order valence-corrected chi connectivity index (χ0v) is 15.2. The maximum absolute atomic E-state index is 12.7. The molecule has 0 radical (unpaired) electrons. The molecule has 1 aliphatic rings. The van der Waals surface area contributed by atoms with Crippen molar-refractivity contribution in [3.63, 3.8) is 0 Å². The second kappa shape index (κ2) is 7.25. The lowest BCUT2D eigenvalue weighted by molar-refractivity contribution is -0.139. The van der Waals surface area contributed by atoms with Gasteiger partial charge in [0.2, 0.25) is 0 Å². The molecule has 0 spiro atoms. The van der Waals surface area contributed by atoms with Crippen LogP contribution in [0.25, 0.3) is 0 Å². The van der Waals surface area contributed by atoms with Crippen LogP contribution in [0.5, 0.6) is 0 Å². The van der Waals surface area contributed by atoms with Crippen LogP contribution in [0.2, 0.25) is 0 Å². The van der Waals surface area contributed by atoms with E-state index in [9.17, 15) is 4.57 Å². The van der Waals surface area contributed by atoms with Gasteiger partial charge in [0.05, 0.1) is 12.7 Å². The van der Waals surface area contributed by atoms with Crippen molar-refractivity contribution in [2.75, 3.05) is 34.8 Å². The number of hydrogen-bond acceptors (Lipinski definition) is 3. The molecule has 0 amide bonds. The Labute approximate surface area is 129 Å². The molecule has 124 valence electrons. The molecule has 1 rings (SSSR count). The molecule has 1 saturated heterocycles. The van der Waals surface area contributed by atoms with Crippen LogP contribution in [0.3, 0.4) is 0 Å². The lowest BCUT2D eigenvalue weighted by Gasteiger charge is -2.30. The van der Waals surface area contributed by atoms with Crippen LogP contribution >= 0.6 is 7.59 Å². The summed E-state index contributed by atoms with van der Waals surface area (Å²) in [6, 6.07) is 0. The van der Waals surface area contributed by atoms with Crippen molar-refractivity contribution in [1.82, 2.24) is 14.4 Å². The highest BCUT2D eigenvalue weighted by atomic mass is 31.2. The van der Waals surface area contributed by atoms with E-state index in [0.29, 0.717) is 12.5 Å². The molecule has 1 aliphatic heterocycles. The maximum atomic E-state index is 12.7. The third kappa shape index (κ3) is 5.38. The van der Waals surface area contributed by atoms with Crippen molar-refractivity contribution < 1.29 is 14.0 Å². The molecule has 1 heterocycles. The molecule has 0 aromatic heterocycles. The van der Waals surface area contributed by atoms with E-state index in [2.05, 4.69) is 12.0 Å². The van der Waals surface area contributed by atoms with E-state index in [1.807, 2.05) is 19.9 Å². The normalized spacial score (nSPS) is 24.1. The number of allylic oxidation sites excluding steroid dienone is 1. The van der Waals surface area contributed by atoms with E-state index in [1.165, 1.54) is 0 Å². The second-order valence-corrected chi connectivity index (χ2v) is 9.34. The van der Waals surface area contributed by atoms with Crippen LogP contribution in [0, 0.1) is 5.92 Å². The van der Waals surface area contributed by atoms with E-state index in [-0.39, 0.29) is 6.10 Å². The average molecular weight is 319 g/mol. The Morgan fingerprint density at radius 3 is 2.33 bits per heavy atom. The van der Waals surface area contributed by atoms with Crippen molar-refractivity contribution in [3.8, 4) is 0 Å². The molecule has 1 fully saturated rings. The summed E-state index contributed by atoms with van der Waals surface area (Å²) >= 11 is 0. The van der Waals surface area contributed by atoms with Crippen LogP contribution in [-0.2, 0) is 14.0 Å². The molecule has 2 atom stereocenters. The molecular weight excluding hydrogens is 289 g/mol. The van der Waals surface area contributed by atoms with Crippen molar-refractivity contribution in [2.45, 2.75) is 39.1 Å². The third-order valence-electron chi connectivity index (χ3n) is 3.45. The lowest BCUT2D eigenvalue weighted by Crippen LogP contribution is -2.28. The zero-order valence-electron chi connectivity index (χ0n) is 14.3. The molecule has 0 saturated carbocycles. The second-order valence-electron chi connectivity index (χ2n) is 6.39. The third-order valence-corrected chi connectivity index (χ3v) is 6.11. The van der Waals surface area contributed by atoms with Crippen molar-refractivity contribution >= 4 is 7.59 Å². The zero-order chi connectivity index (χ0) is 16.3. The highest BCUT2D eigenvalue weighted by molar-refractivity contribution is 7.57. The van der Waals surface area contributed by atoms with Gasteiger partial charge < -0.3 is 14.6 Å². The summed E-state index contributed by atoms with van der Waals surface area (Å²) in [4.78, 5) is 0. The summed E-state index contributed by atoms with van der Waals surface area (Å²) < 4.78 is 27.4. The molecule has 1 N–H and O–H groups in total. The first-order chi connectivity index (χ1) is 9.57. The van der Waals surface area contributed by atoms with E-state index in [1.54, 1.807) is 43.7 Å². The van der Waals surface area contributed by atoms with Crippen LogP contribution in [0.1, 0.15) is 27.2 Å². The minimum atomic E-state index is -2.70. The van der Waals surface area contributed by atoms with Crippen molar-refractivity contribution in [1.29, 1.82) is 0 Å². The van der Waals surface area contributed by atoms with E-state index < -0.39 is 13.4 Å². The Hall–Kier alpha value is -0.390. The Bertz CT molecular complexity index is 398. The minimum absolute atomic E-state index is 0.120. The number of nitrogens with zero attached hydrogens (tertiary/aromatic N) is 2. The topological polar surface area (TPSA) is 54.0 Å². The van der Waals surface area contributed by atoms with Gasteiger partial charge in [-0.3, -0.25) is 4.57 Å².